The van der Waals surface area contributed by atoms with Crippen LogP contribution < -0.4 is 10.1 Å². The van der Waals surface area contributed by atoms with E-state index in [1.54, 1.807) is 10.6 Å². The molecule has 0 saturated heterocycles. The van der Waals surface area contributed by atoms with Crippen molar-refractivity contribution in [1.82, 2.24) is 9.55 Å². The van der Waals surface area contributed by atoms with E-state index in [1.807, 2.05) is 6.92 Å². The summed E-state index contributed by atoms with van der Waals surface area (Å²) in [6.07, 6.45) is 0.798. The summed E-state index contributed by atoms with van der Waals surface area (Å²) in [4.78, 5) is 16.9. The fourth-order valence-corrected chi connectivity index (χ4v) is 4.25. The predicted molar refractivity (Wildman–Crippen MR) is 99.7 cm³/mol. The molecule has 1 atom stereocenters. The lowest BCUT2D eigenvalue weighted by Crippen LogP contribution is -2.59. The maximum absolute atomic E-state index is 13.6. The first kappa shape index (κ1) is 20.4. The lowest BCUT2D eigenvalue weighted by Gasteiger charge is -2.43. The van der Waals surface area contributed by atoms with Gasteiger partial charge in [-0.25, -0.2) is 4.98 Å². The highest BCUT2D eigenvalue weighted by molar-refractivity contribution is 5.93. The van der Waals surface area contributed by atoms with Gasteiger partial charge in [0.15, 0.2) is 0 Å². The molecule has 1 aromatic heterocycles. The average molecular weight is 424 g/mol. The van der Waals surface area contributed by atoms with Gasteiger partial charge in [0, 0.05) is 30.4 Å². The lowest BCUT2D eigenvalue weighted by molar-refractivity contribution is -0.313. The number of halogens is 4. The van der Waals surface area contributed by atoms with Gasteiger partial charge in [-0.15, -0.1) is 0 Å². The number of carbonyl (C=O) groups excluding carboxylic acids is 1. The van der Waals surface area contributed by atoms with Crippen LogP contribution in [0.25, 0.3) is 11.0 Å². The van der Waals surface area contributed by atoms with Gasteiger partial charge >= 0.3 is 11.8 Å². The van der Waals surface area contributed by atoms with Gasteiger partial charge in [-0.2, -0.15) is 22.8 Å². The normalized spacial score (nSPS) is 23.2. The first-order chi connectivity index (χ1) is 14.0. The summed E-state index contributed by atoms with van der Waals surface area (Å²) in [5, 5.41) is 11.8. The van der Waals surface area contributed by atoms with Gasteiger partial charge in [-0.05, 0) is 32.3 Å². The second kappa shape index (κ2) is 6.59. The van der Waals surface area contributed by atoms with Crippen LogP contribution in [-0.4, -0.2) is 34.4 Å². The molecule has 1 aromatic carbocycles. The molecule has 2 aromatic rings. The van der Waals surface area contributed by atoms with E-state index in [-0.39, 0.29) is 11.5 Å². The Kier molecular flexibility index (Phi) is 4.49. The summed E-state index contributed by atoms with van der Waals surface area (Å²) < 4.78 is 60.4. The van der Waals surface area contributed by atoms with Crippen molar-refractivity contribution in [1.29, 1.82) is 5.26 Å². The number of rotatable bonds is 5. The van der Waals surface area contributed by atoms with Crippen molar-refractivity contribution in [2.45, 2.75) is 56.4 Å². The molecule has 0 radical (unpaired) electrons. The van der Waals surface area contributed by atoms with Crippen LogP contribution in [0.15, 0.2) is 12.1 Å². The van der Waals surface area contributed by atoms with Crippen molar-refractivity contribution in [3.63, 3.8) is 0 Å². The van der Waals surface area contributed by atoms with E-state index in [9.17, 15) is 27.6 Å². The van der Waals surface area contributed by atoms with E-state index >= 15 is 0 Å². The lowest BCUT2D eigenvalue weighted by atomic mass is 9.74. The SMILES string of the molecule is COc1cc(C#N)cc2c1nc(NC(=O)CC1CC(F)(F)C1(F)F)n2C1(C)CCC1. The van der Waals surface area contributed by atoms with E-state index < -0.39 is 36.5 Å². The quantitative estimate of drug-likeness (QED) is 0.720. The molecule has 2 fully saturated rings. The number of hydrogen-bond acceptors (Lipinski definition) is 4. The van der Waals surface area contributed by atoms with E-state index in [0.717, 1.165) is 19.3 Å². The number of fused-ring (bicyclic) bond motifs is 1. The third-order valence-corrected chi connectivity index (χ3v) is 6.23. The third-order valence-electron chi connectivity index (χ3n) is 6.23. The van der Waals surface area contributed by atoms with E-state index in [1.165, 1.54) is 13.2 Å². The van der Waals surface area contributed by atoms with Crippen LogP contribution in [0.3, 0.4) is 0 Å². The minimum absolute atomic E-state index is 0.125. The van der Waals surface area contributed by atoms with Crippen LogP contribution in [0.2, 0.25) is 0 Å². The van der Waals surface area contributed by atoms with Crippen LogP contribution in [0.1, 0.15) is 44.6 Å². The molecule has 1 heterocycles. The number of alkyl halides is 4. The monoisotopic (exact) mass is 424 g/mol. The van der Waals surface area contributed by atoms with Gasteiger partial charge < -0.3 is 9.30 Å². The van der Waals surface area contributed by atoms with Crippen molar-refractivity contribution in [3.8, 4) is 11.8 Å². The Morgan fingerprint density at radius 2 is 2.07 bits per heavy atom. The fourth-order valence-electron chi connectivity index (χ4n) is 4.25. The zero-order valence-electron chi connectivity index (χ0n) is 16.4. The summed E-state index contributed by atoms with van der Waals surface area (Å²) in [6.45, 7) is 1.97. The molecule has 1 amide bonds. The second-order valence-corrected chi connectivity index (χ2v) is 8.26. The van der Waals surface area contributed by atoms with Crippen LogP contribution in [-0.2, 0) is 10.3 Å². The molecule has 0 spiro atoms. The zero-order chi connectivity index (χ0) is 21.9. The average Bonchev–Trinajstić information content (AvgIpc) is 3.02. The van der Waals surface area contributed by atoms with E-state index in [2.05, 4.69) is 16.4 Å². The number of amides is 1. The van der Waals surface area contributed by atoms with Crippen LogP contribution in [0.4, 0.5) is 23.5 Å². The van der Waals surface area contributed by atoms with Crippen molar-refractivity contribution < 1.29 is 27.1 Å². The second-order valence-electron chi connectivity index (χ2n) is 8.26. The van der Waals surface area contributed by atoms with Gasteiger partial charge in [-0.3, -0.25) is 10.1 Å². The molecular weight excluding hydrogens is 404 g/mol. The Labute approximate surface area is 169 Å². The van der Waals surface area contributed by atoms with Crippen LogP contribution in [0, 0.1) is 17.2 Å². The van der Waals surface area contributed by atoms with Gasteiger partial charge in [-0.1, -0.05) is 0 Å². The number of nitrogens with zero attached hydrogens (tertiary/aromatic N) is 3. The number of anilines is 1. The molecule has 6 nitrogen and oxygen atoms in total. The molecule has 160 valence electrons. The molecule has 30 heavy (non-hydrogen) atoms. The smallest absolute Gasteiger partial charge is 0.313 e. The maximum Gasteiger partial charge on any atom is 0.313 e. The minimum atomic E-state index is -4.20. The molecule has 1 N–H and O–H groups in total. The minimum Gasteiger partial charge on any atom is -0.494 e. The Bertz CT molecular complexity index is 1070. The largest absolute Gasteiger partial charge is 0.494 e. The number of aromatic nitrogens is 2. The standard InChI is InChI=1S/C20H20F4N4O2/c1-18(4-3-5-18)28-13-6-11(10-25)7-14(30-2)16(13)27-17(28)26-15(29)8-12-9-19(21,22)20(12,23)24/h6-7,12H,3-5,8-9H2,1-2H3,(H,26,27,29). The number of nitrogens with one attached hydrogen (secondary N) is 1. The zero-order valence-corrected chi connectivity index (χ0v) is 16.4. The molecule has 4 rings (SSSR count). The number of imidazole rings is 1. The van der Waals surface area contributed by atoms with E-state index in [0.29, 0.717) is 22.3 Å². The fraction of sp³-hybridized carbons (Fsp3) is 0.550. The number of nitriles is 1. The van der Waals surface area contributed by atoms with Crippen molar-refractivity contribution >= 4 is 22.9 Å². The summed E-state index contributed by atoms with van der Waals surface area (Å²) in [6, 6.07) is 5.20. The summed E-state index contributed by atoms with van der Waals surface area (Å²) in [5.74, 6) is -10.3. The van der Waals surface area contributed by atoms with Crippen molar-refractivity contribution in [2.75, 3.05) is 12.4 Å². The highest BCUT2D eigenvalue weighted by atomic mass is 19.3. The molecular formula is C20H20F4N4O2. The molecule has 1 unspecified atom stereocenters. The Hall–Kier alpha value is -2.83. The number of benzene rings is 1. The number of hydrogen-bond donors (Lipinski definition) is 1. The maximum atomic E-state index is 13.6. The highest BCUT2D eigenvalue weighted by Gasteiger charge is 2.71. The van der Waals surface area contributed by atoms with Crippen LogP contribution >= 0.6 is 0 Å². The van der Waals surface area contributed by atoms with Gasteiger partial charge in [0.05, 0.1) is 24.3 Å². The number of carbonyl (C=O) groups is 1. The summed E-state index contributed by atoms with van der Waals surface area (Å²) >= 11 is 0. The summed E-state index contributed by atoms with van der Waals surface area (Å²) in [7, 11) is 1.43. The van der Waals surface area contributed by atoms with Gasteiger partial charge in [0.1, 0.15) is 11.3 Å². The molecule has 0 aliphatic heterocycles. The number of methoxy groups -OCH3 is 1. The highest BCUT2D eigenvalue weighted by Crippen LogP contribution is 2.56. The Morgan fingerprint density at radius 1 is 1.37 bits per heavy atom. The molecule has 2 aliphatic rings. The molecule has 2 aliphatic carbocycles. The van der Waals surface area contributed by atoms with Gasteiger partial charge in [0.25, 0.3) is 0 Å². The third kappa shape index (κ3) is 2.90. The molecule has 0 bridgehead atoms. The molecule has 2 saturated carbocycles. The number of ether oxygens (including phenoxy) is 1. The van der Waals surface area contributed by atoms with E-state index in [4.69, 9.17) is 4.74 Å². The summed E-state index contributed by atoms with van der Waals surface area (Å²) in [5.41, 5.74) is 0.950. The van der Waals surface area contributed by atoms with Crippen molar-refractivity contribution in [2.24, 2.45) is 5.92 Å². The Balaban J connectivity index is 1.69. The van der Waals surface area contributed by atoms with Gasteiger partial charge in [0.2, 0.25) is 11.9 Å². The van der Waals surface area contributed by atoms with Crippen molar-refractivity contribution in [3.05, 3.63) is 17.7 Å². The topological polar surface area (TPSA) is 79.9 Å². The molecule has 10 heteroatoms. The predicted octanol–water partition coefficient (Wildman–Crippen LogP) is 4.43. The Morgan fingerprint density at radius 3 is 2.57 bits per heavy atom. The first-order valence-corrected chi connectivity index (χ1v) is 9.59. The first-order valence-electron chi connectivity index (χ1n) is 9.59. The van der Waals surface area contributed by atoms with Crippen LogP contribution in [0.5, 0.6) is 5.75 Å².